The third kappa shape index (κ3) is 3.82. The van der Waals surface area contributed by atoms with Crippen LogP contribution in [0.1, 0.15) is 25.7 Å². The first-order valence-electron chi connectivity index (χ1n) is 9.00. The Bertz CT molecular complexity index is 876. The van der Waals surface area contributed by atoms with Crippen molar-refractivity contribution in [1.29, 1.82) is 0 Å². The van der Waals surface area contributed by atoms with Gasteiger partial charge in [-0.3, -0.25) is 0 Å². The molecule has 0 radical (unpaired) electrons. The van der Waals surface area contributed by atoms with Crippen molar-refractivity contribution >= 4 is 17.5 Å². The maximum Gasteiger partial charge on any atom is 0.225 e. The van der Waals surface area contributed by atoms with Crippen molar-refractivity contribution in [3.8, 4) is 11.3 Å². The Hall–Kier alpha value is -2.95. The van der Waals surface area contributed by atoms with Crippen LogP contribution in [0.3, 0.4) is 0 Å². The fourth-order valence-corrected chi connectivity index (χ4v) is 3.29. The van der Waals surface area contributed by atoms with Crippen LogP contribution < -0.4 is 10.6 Å². The molecular formula is C21H21FN4. The van der Waals surface area contributed by atoms with Crippen LogP contribution in [0.15, 0.2) is 60.7 Å². The average molecular weight is 348 g/mol. The van der Waals surface area contributed by atoms with Crippen LogP contribution >= 0.6 is 0 Å². The lowest BCUT2D eigenvalue weighted by molar-refractivity contribution is 0.632. The normalized spacial score (nSPS) is 14.3. The Labute approximate surface area is 152 Å². The van der Waals surface area contributed by atoms with Gasteiger partial charge >= 0.3 is 0 Å². The SMILES string of the molecule is Fc1ccccc1Nc1cc(-c2ccccc2)nc(NC2CCCC2)n1. The van der Waals surface area contributed by atoms with Gasteiger partial charge in [-0.15, -0.1) is 0 Å². The highest BCUT2D eigenvalue weighted by Gasteiger charge is 2.17. The number of hydrogen-bond acceptors (Lipinski definition) is 4. The molecule has 0 aliphatic heterocycles. The highest BCUT2D eigenvalue weighted by Crippen LogP contribution is 2.26. The molecule has 5 heteroatoms. The molecule has 2 N–H and O–H groups in total. The molecule has 3 aromatic rings. The van der Waals surface area contributed by atoms with E-state index in [0.29, 0.717) is 23.5 Å². The van der Waals surface area contributed by atoms with Gasteiger partial charge in [0.15, 0.2) is 0 Å². The highest BCUT2D eigenvalue weighted by molar-refractivity contribution is 5.67. The molecule has 1 saturated carbocycles. The Morgan fingerprint density at radius 1 is 0.885 bits per heavy atom. The topological polar surface area (TPSA) is 49.8 Å². The van der Waals surface area contributed by atoms with E-state index >= 15 is 0 Å². The second kappa shape index (κ2) is 7.52. The number of anilines is 3. The monoisotopic (exact) mass is 348 g/mol. The van der Waals surface area contributed by atoms with Gasteiger partial charge in [0.25, 0.3) is 0 Å². The van der Waals surface area contributed by atoms with Gasteiger partial charge in [0.05, 0.1) is 11.4 Å². The van der Waals surface area contributed by atoms with E-state index in [1.165, 1.54) is 18.9 Å². The largest absolute Gasteiger partial charge is 0.351 e. The molecule has 0 atom stereocenters. The Morgan fingerprint density at radius 3 is 2.38 bits per heavy atom. The number of hydrogen-bond donors (Lipinski definition) is 2. The molecule has 1 aliphatic carbocycles. The summed E-state index contributed by atoms with van der Waals surface area (Å²) in [5, 5.41) is 6.52. The minimum atomic E-state index is -0.308. The zero-order chi connectivity index (χ0) is 17.8. The van der Waals surface area contributed by atoms with Gasteiger partial charge in [-0.1, -0.05) is 55.3 Å². The van der Waals surface area contributed by atoms with Crippen LogP contribution in [0.4, 0.5) is 21.8 Å². The Balaban J connectivity index is 1.68. The maximum atomic E-state index is 14.0. The van der Waals surface area contributed by atoms with Gasteiger partial charge in [0, 0.05) is 17.7 Å². The molecule has 1 fully saturated rings. The van der Waals surface area contributed by atoms with Gasteiger partial charge < -0.3 is 10.6 Å². The van der Waals surface area contributed by atoms with E-state index in [-0.39, 0.29) is 5.82 Å². The molecule has 4 rings (SSSR count). The number of nitrogens with one attached hydrogen (secondary N) is 2. The zero-order valence-electron chi connectivity index (χ0n) is 14.5. The van der Waals surface area contributed by atoms with Crippen LogP contribution in [0, 0.1) is 5.82 Å². The van der Waals surface area contributed by atoms with Crippen molar-refractivity contribution < 1.29 is 4.39 Å². The number of aromatic nitrogens is 2. The summed E-state index contributed by atoms with van der Waals surface area (Å²) < 4.78 is 14.0. The third-order valence-electron chi connectivity index (χ3n) is 4.62. The first-order valence-corrected chi connectivity index (χ1v) is 9.00. The lowest BCUT2D eigenvalue weighted by Gasteiger charge is -2.15. The molecule has 0 spiro atoms. The van der Waals surface area contributed by atoms with Crippen LogP contribution in [0.5, 0.6) is 0 Å². The summed E-state index contributed by atoms with van der Waals surface area (Å²) in [5.74, 6) is 0.846. The predicted octanol–water partition coefficient (Wildman–Crippen LogP) is 5.38. The van der Waals surface area contributed by atoms with E-state index in [0.717, 1.165) is 24.1 Å². The molecule has 0 saturated heterocycles. The lowest BCUT2D eigenvalue weighted by atomic mass is 10.1. The van der Waals surface area contributed by atoms with E-state index < -0.39 is 0 Å². The quantitative estimate of drug-likeness (QED) is 0.650. The fourth-order valence-electron chi connectivity index (χ4n) is 3.29. The van der Waals surface area contributed by atoms with Gasteiger partial charge in [0.1, 0.15) is 11.6 Å². The number of benzene rings is 2. The van der Waals surface area contributed by atoms with Gasteiger partial charge in [-0.2, -0.15) is 4.98 Å². The number of para-hydroxylation sites is 1. The average Bonchev–Trinajstić information content (AvgIpc) is 3.17. The van der Waals surface area contributed by atoms with E-state index in [1.54, 1.807) is 18.2 Å². The summed E-state index contributed by atoms with van der Waals surface area (Å²) in [6.45, 7) is 0. The standard InChI is InChI=1S/C21H21FN4/c22-17-12-6-7-13-18(17)24-20-14-19(15-8-2-1-3-9-15)25-21(26-20)23-16-10-4-5-11-16/h1-3,6-9,12-14,16H,4-5,10-11H2,(H2,23,24,25,26). The second-order valence-corrected chi connectivity index (χ2v) is 6.56. The predicted molar refractivity (Wildman–Crippen MR) is 103 cm³/mol. The van der Waals surface area contributed by atoms with Crippen molar-refractivity contribution in [1.82, 2.24) is 9.97 Å². The van der Waals surface area contributed by atoms with E-state index in [4.69, 9.17) is 0 Å². The molecule has 0 amide bonds. The lowest BCUT2D eigenvalue weighted by Crippen LogP contribution is -2.17. The smallest absolute Gasteiger partial charge is 0.225 e. The van der Waals surface area contributed by atoms with Crippen molar-refractivity contribution in [2.45, 2.75) is 31.7 Å². The molecule has 26 heavy (non-hydrogen) atoms. The number of nitrogens with zero attached hydrogens (tertiary/aromatic N) is 2. The van der Waals surface area contributed by atoms with Crippen molar-refractivity contribution in [2.75, 3.05) is 10.6 Å². The fraction of sp³-hybridized carbons (Fsp3) is 0.238. The van der Waals surface area contributed by atoms with Crippen molar-refractivity contribution in [3.05, 3.63) is 66.5 Å². The molecule has 2 aromatic carbocycles. The highest BCUT2D eigenvalue weighted by atomic mass is 19.1. The van der Waals surface area contributed by atoms with E-state index in [9.17, 15) is 4.39 Å². The van der Waals surface area contributed by atoms with E-state index in [2.05, 4.69) is 20.6 Å². The molecular weight excluding hydrogens is 327 g/mol. The number of rotatable bonds is 5. The molecule has 4 nitrogen and oxygen atoms in total. The second-order valence-electron chi connectivity index (χ2n) is 6.56. The first kappa shape index (κ1) is 16.5. The molecule has 0 bridgehead atoms. The van der Waals surface area contributed by atoms with Gasteiger partial charge in [0.2, 0.25) is 5.95 Å². The van der Waals surface area contributed by atoms with Crippen LogP contribution in [-0.4, -0.2) is 16.0 Å². The third-order valence-corrected chi connectivity index (χ3v) is 4.62. The first-order chi connectivity index (χ1) is 12.8. The molecule has 1 aromatic heterocycles. The summed E-state index contributed by atoms with van der Waals surface area (Å²) in [6, 6.07) is 18.8. The summed E-state index contributed by atoms with van der Waals surface area (Å²) in [4.78, 5) is 9.23. The Morgan fingerprint density at radius 2 is 1.62 bits per heavy atom. The van der Waals surface area contributed by atoms with E-state index in [1.807, 2.05) is 36.4 Å². The maximum absolute atomic E-state index is 14.0. The van der Waals surface area contributed by atoms with Crippen molar-refractivity contribution in [3.63, 3.8) is 0 Å². The van der Waals surface area contributed by atoms with Gasteiger partial charge in [-0.05, 0) is 25.0 Å². The minimum absolute atomic E-state index is 0.308. The van der Waals surface area contributed by atoms with Crippen LogP contribution in [-0.2, 0) is 0 Å². The zero-order valence-corrected chi connectivity index (χ0v) is 14.5. The molecule has 132 valence electrons. The molecule has 1 aliphatic rings. The molecule has 0 unspecified atom stereocenters. The number of halogens is 1. The van der Waals surface area contributed by atoms with Gasteiger partial charge in [-0.25, -0.2) is 9.37 Å². The minimum Gasteiger partial charge on any atom is -0.351 e. The van der Waals surface area contributed by atoms with Crippen molar-refractivity contribution in [2.24, 2.45) is 0 Å². The van der Waals surface area contributed by atoms with Crippen LogP contribution in [0.25, 0.3) is 11.3 Å². The summed E-state index contributed by atoms with van der Waals surface area (Å²) in [7, 11) is 0. The van der Waals surface area contributed by atoms with Crippen LogP contribution in [0.2, 0.25) is 0 Å². The molecule has 1 heterocycles. The summed E-state index contributed by atoms with van der Waals surface area (Å²) >= 11 is 0. The summed E-state index contributed by atoms with van der Waals surface area (Å²) in [6.07, 6.45) is 4.73. The summed E-state index contributed by atoms with van der Waals surface area (Å²) in [5.41, 5.74) is 2.21. The Kier molecular flexibility index (Phi) is 4.78.